The van der Waals surface area contributed by atoms with Crippen molar-refractivity contribution in [3.05, 3.63) is 60.5 Å². The number of thioether (sulfide) groups is 1. The molecule has 0 aliphatic rings. The number of amides is 1. The topological polar surface area (TPSA) is 108 Å². The molecule has 2 aromatic carbocycles. The van der Waals surface area contributed by atoms with Crippen LogP contribution >= 0.6 is 11.8 Å². The highest BCUT2D eigenvalue weighted by atomic mass is 32.2. The Morgan fingerprint density at radius 3 is 2.85 bits per heavy atom. The average Bonchev–Trinajstić information content (AvgIpc) is 3.36. The Balaban J connectivity index is 1.41. The van der Waals surface area contributed by atoms with Gasteiger partial charge in [-0.3, -0.25) is 4.79 Å². The van der Waals surface area contributed by atoms with Crippen molar-refractivity contribution in [1.29, 1.82) is 5.26 Å². The second kappa shape index (κ2) is 7.35. The van der Waals surface area contributed by atoms with Crippen LogP contribution in [0.1, 0.15) is 5.56 Å². The first-order valence-corrected chi connectivity index (χ1v) is 9.02. The van der Waals surface area contributed by atoms with Gasteiger partial charge in [-0.1, -0.05) is 11.8 Å². The molecule has 2 N–H and O–H groups in total. The lowest BCUT2D eigenvalue weighted by Crippen LogP contribution is -2.14. The zero-order valence-electron chi connectivity index (χ0n) is 14.0. The molecule has 2 heterocycles. The number of carbonyl (C=O) groups is 1. The van der Waals surface area contributed by atoms with Crippen molar-refractivity contribution in [3.8, 4) is 17.5 Å². The summed E-state index contributed by atoms with van der Waals surface area (Å²) < 4.78 is 5.30. The summed E-state index contributed by atoms with van der Waals surface area (Å²) in [5.74, 6) is 0.611. The molecule has 0 atom stereocenters. The minimum atomic E-state index is -0.148. The van der Waals surface area contributed by atoms with Gasteiger partial charge in [0.2, 0.25) is 11.8 Å². The SMILES string of the molecule is N#Cc1ccc(NC(=O)CSc2nc3ccc(-c4ncco4)cc3[nH]2)cc1. The molecule has 1 amide bonds. The van der Waals surface area contributed by atoms with Crippen LogP contribution < -0.4 is 5.32 Å². The molecule has 0 spiro atoms. The highest BCUT2D eigenvalue weighted by Gasteiger charge is 2.10. The van der Waals surface area contributed by atoms with Crippen molar-refractivity contribution < 1.29 is 9.21 Å². The number of aromatic amines is 1. The fourth-order valence-electron chi connectivity index (χ4n) is 2.51. The molecule has 0 fully saturated rings. The number of nitrogens with one attached hydrogen (secondary N) is 2. The normalized spacial score (nSPS) is 10.6. The summed E-state index contributed by atoms with van der Waals surface area (Å²) in [6.07, 6.45) is 3.13. The van der Waals surface area contributed by atoms with Crippen LogP contribution in [0.15, 0.2) is 64.5 Å². The molecule has 0 saturated carbocycles. The summed E-state index contributed by atoms with van der Waals surface area (Å²) in [6.45, 7) is 0. The monoisotopic (exact) mass is 375 g/mol. The number of nitriles is 1. The van der Waals surface area contributed by atoms with Crippen LogP contribution in [0.3, 0.4) is 0 Å². The van der Waals surface area contributed by atoms with Gasteiger partial charge in [0, 0.05) is 11.3 Å². The molecule has 4 rings (SSSR count). The molecular formula is C19H13N5O2S. The lowest BCUT2D eigenvalue weighted by Gasteiger charge is -2.03. The van der Waals surface area contributed by atoms with Crippen LogP contribution in [0.25, 0.3) is 22.5 Å². The van der Waals surface area contributed by atoms with Crippen molar-refractivity contribution >= 4 is 34.4 Å². The first-order valence-electron chi connectivity index (χ1n) is 8.04. The van der Waals surface area contributed by atoms with Crippen LogP contribution in [-0.4, -0.2) is 26.6 Å². The van der Waals surface area contributed by atoms with Gasteiger partial charge in [-0.2, -0.15) is 5.26 Å². The molecule has 2 aromatic heterocycles. The number of carbonyl (C=O) groups excluding carboxylic acids is 1. The quantitative estimate of drug-likeness (QED) is 0.514. The van der Waals surface area contributed by atoms with E-state index in [0.717, 1.165) is 16.6 Å². The first-order chi connectivity index (χ1) is 13.2. The smallest absolute Gasteiger partial charge is 0.234 e. The number of hydrogen-bond acceptors (Lipinski definition) is 6. The fourth-order valence-corrected chi connectivity index (χ4v) is 3.20. The summed E-state index contributed by atoms with van der Waals surface area (Å²) in [5.41, 5.74) is 3.71. The Labute approximate surface area is 158 Å². The lowest BCUT2D eigenvalue weighted by molar-refractivity contribution is -0.113. The highest BCUT2D eigenvalue weighted by Crippen LogP contribution is 2.25. The third-order valence-corrected chi connectivity index (χ3v) is 4.65. The predicted molar refractivity (Wildman–Crippen MR) is 102 cm³/mol. The highest BCUT2D eigenvalue weighted by molar-refractivity contribution is 7.99. The van der Waals surface area contributed by atoms with Gasteiger partial charge in [-0.15, -0.1) is 0 Å². The molecule has 0 radical (unpaired) electrons. The molecule has 0 saturated heterocycles. The number of imidazole rings is 1. The number of nitrogens with zero attached hydrogens (tertiary/aromatic N) is 3. The van der Waals surface area contributed by atoms with Gasteiger partial charge < -0.3 is 14.7 Å². The minimum absolute atomic E-state index is 0.148. The molecule has 0 bridgehead atoms. The lowest BCUT2D eigenvalue weighted by atomic mass is 10.2. The number of oxazole rings is 1. The fraction of sp³-hybridized carbons (Fsp3) is 0.0526. The van der Waals surface area contributed by atoms with E-state index in [0.29, 0.717) is 22.3 Å². The van der Waals surface area contributed by atoms with E-state index in [1.165, 1.54) is 18.0 Å². The van der Waals surface area contributed by atoms with Gasteiger partial charge in [0.15, 0.2) is 5.16 Å². The molecule has 7 nitrogen and oxygen atoms in total. The van der Waals surface area contributed by atoms with Gasteiger partial charge in [0.1, 0.15) is 6.26 Å². The number of rotatable bonds is 5. The number of aromatic nitrogens is 3. The van der Waals surface area contributed by atoms with Crippen molar-refractivity contribution in [2.24, 2.45) is 0 Å². The summed E-state index contributed by atoms with van der Waals surface area (Å²) in [6, 6.07) is 14.4. The van der Waals surface area contributed by atoms with E-state index in [9.17, 15) is 4.79 Å². The van der Waals surface area contributed by atoms with E-state index in [1.807, 2.05) is 24.3 Å². The predicted octanol–water partition coefficient (Wildman–Crippen LogP) is 3.82. The minimum Gasteiger partial charge on any atom is -0.445 e. The second-order valence-corrected chi connectivity index (χ2v) is 6.60. The van der Waals surface area contributed by atoms with Crippen LogP contribution in [0.5, 0.6) is 0 Å². The summed E-state index contributed by atoms with van der Waals surface area (Å²) in [7, 11) is 0. The van der Waals surface area contributed by atoms with E-state index in [4.69, 9.17) is 9.68 Å². The Kier molecular flexibility index (Phi) is 4.60. The van der Waals surface area contributed by atoms with Crippen molar-refractivity contribution in [1.82, 2.24) is 15.0 Å². The Bertz CT molecular complexity index is 1130. The zero-order valence-corrected chi connectivity index (χ0v) is 14.8. The van der Waals surface area contributed by atoms with Crippen molar-refractivity contribution in [2.45, 2.75) is 5.16 Å². The summed E-state index contributed by atoms with van der Waals surface area (Å²) in [4.78, 5) is 23.9. The number of benzene rings is 2. The maximum Gasteiger partial charge on any atom is 0.234 e. The van der Waals surface area contributed by atoms with Gasteiger partial charge in [-0.05, 0) is 42.5 Å². The molecule has 4 aromatic rings. The van der Waals surface area contributed by atoms with E-state index < -0.39 is 0 Å². The molecule has 27 heavy (non-hydrogen) atoms. The van der Waals surface area contributed by atoms with Gasteiger partial charge in [0.05, 0.1) is 34.6 Å². The van der Waals surface area contributed by atoms with Crippen LogP contribution in [0.2, 0.25) is 0 Å². The van der Waals surface area contributed by atoms with E-state index in [1.54, 1.807) is 30.5 Å². The number of H-pyrrole nitrogens is 1. The van der Waals surface area contributed by atoms with Crippen LogP contribution in [0.4, 0.5) is 5.69 Å². The number of fused-ring (bicyclic) bond motifs is 1. The van der Waals surface area contributed by atoms with E-state index in [-0.39, 0.29) is 11.7 Å². The molecule has 0 unspecified atom stereocenters. The van der Waals surface area contributed by atoms with Gasteiger partial charge >= 0.3 is 0 Å². The third-order valence-electron chi connectivity index (χ3n) is 3.78. The van der Waals surface area contributed by atoms with Crippen LogP contribution in [-0.2, 0) is 4.79 Å². The number of hydrogen-bond donors (Lipinski definition) is 2. The average molecular weight is 375 g/mol. The first kappa shape index (κ1) is 16.9. The molecule has 0 aliphatic carbocycles. The van der Waals surface area contributed by atoms with Crippen molar-refractivity contribution in [3.63, 3.8) is 0 Å². The second-order valence-electron chi connectivity index (χ2n) is 5.64. The standard InChI is InChI=1S/C19H13N5O2S/c20-10-12-1-4-14(5-2-12)22-17(25)11-27-19-23-15-6-3-13(9-16(15)24-19)18-21-7-8-26-18/h1-9H,11H2,(H,22,25)(H,23,24). The Morgan fingerprint density at radius 1 is 1.26 bits per heavy atom. The van der Waals surface area contributed by atoms with Gasteiger partial charge in [-0.25, -0.2) is 9.97 Å². The molecule has 8 heteroatoms. The summed E-state index contributed by atoms with van der Waals surface area (Å²) in [5, 5.41) is 12.2. The zero-order chi connectivity index (χ0) is 18.6. The molecule has 0 aliphatic heterocycles. The number of anilines is 1. The van der Waals surface area contributed by atoms with Gasteiger partial charge in [0.25, 0.3) is 0 Å². The Morgan fingerprint density at radius 2 is 2.11 bits per heavy atom. The van der Waals surface area contributed by atoms with Crippen LogP contribution in [0, 0.1) is 11.3 Å². The summed E-state index contributed by atoms with van der Waals surface area (Å²) >= 11 is 1.31. The third kappa shape index (κ3) is 3.83. The largest absolute Gasteiger partial charge is 0.445 e. The maximum absolute atomic E-state index is 12.1. The van der Waals surface area contributed by atoms with E-state index >= 15 is 0 Å². The molecular weight excluding hydrogens is 362 g/mol. The maximum atomic E-state index is 12.1. The Hall–Kier alpha value is -3.57. The van der Waals surface area contributed by atoms with E-state index in [2.05, 4.69) is 20.3 Å². The van der Waals surface area contributed by atoms with Crippen molar-refractivity contribution in [2.75, 3.05) is 11.1 Å². The molecule has 132 valence electrons.